The van der Waals surface area contributed by atoms with E-state index in [4.69, 9.17) is 27.9 Å². The molecule has 0 heterocycles. The van der Waals surface area contributed by atoms with Gasteiger partial charge in [-0.2, -0.15) is 13.5 Å². The summed E-state index contributed by atoms with van der Waals surface area (Å²) >= 11 is 12.2. The van der Waals surface area contributed by atoms with Crippen molar-refractivity contribution in [1.82, 2.24) is 0 Å². The Hall–Kier alpha value is -2.70. The van der Waals surface area contributed by atoms with Crippen LogP contribution >= 0.6 is 23.2 Å². The van der Waals surface area contributed by atoms with Crippen molar-refractivity contribution in [2.24, 2.45) is 10.2 Å². The van der Waals surface area contributed by atoms with E-state index in [0.717, 1.165) is 0 Å². The van der Waals surface area contributed by atoms with E-state index in [1.807, 2.05) is 6.92 Å². The predicted octanol–water partition coefficient (Wildman–Crippen LogP) is 3.71. The van der Waals surface area contributed by atoms with E-state index in [0.29, 0.717) is 33.5 Å². The number of hydrogen-bond donors (Lipinski definition) is 2. The Morgan fingerprint density at radius 1 is 1.08 bits per heavy atom. The van der Waals surface area contributed by atoms with Crippen LogP contribution in [-0.4, -0.2) is 26.0 Å². The Labute approximate surface area is 256 Å². The first-order valence-electron chi connectivity index (χ1n) is 11.1. The number of ether oxygens (including phenoxy) is 1. The van der Waals surface area contributed by atoms with Crippen LogP contribution in [0.2, 0.25) is 10.0 Å². The molecule has 9 nitrogen and oxygen atoms in total. The molecule has 39 heavy (non-hydrogen) atoms. The standard InChI is InChI=1S/C26H21Cl2N3O6S.Na/c1-3-14-10-19(28)25(38(34,35)36)21(11-14)30-31-23-17-7-5-4-6-15(17)12-18(24(23)32)26(33)29-20-13-16(27)8-9-22(20)37-2;/h4-13,32H,3H2,1-2H3,(H,29,33)(H,34,35,36);/q;+1/p-1. The van der Waals surface area contributed by atoms with Gasteiger partial charge < -0.3 is 15.2 Å². The number of anilines is 1. The molecule has 0 spiro atoms. The largest absolute Gasteiger partial charge is 1.00 e. The number of benzene rings is 4. The van der Waals surface area contributed by atoms with Gasteiger partial charge in [-0.25, -0.2) is 0 Å². The average molecular weight is 596 g/mol. The number of carbonyl (C=O) groups is 1. The van der Waals surface area contributed by atoms with E-state index in [-0.39, 0.29) is 57.2 Å². The molecule has 196 valence electrons. The van der Waals surface area contributed by atoms with Crippen molar-refractivity contribution in [3.8, 4) is 11.5 Å². The van der Waals surface area contributed by atoms with Gasteiger partial charge in [-0.15, -0.1) is 5.11 Å². The molecular weight excluding hydrogens is 576 g/mol. The van der Waals surface area contributed by atoms with Crippen LogP contribution in [0, 0.1) is 0 Å². The molecule has 0 unspecified atom stereocenters. The van der Waals surface area contributed by atoms with Gasteiger partial charge in [0.15, 0.2) is 0 Å². The number of azo groups is 1. The van der Waals surface area contributed by atoms with Gasteiger partial charge in [0, 0.05) is 16.0 Å². The first-order chi connectivity index (χ1) is 18.0. The van der Waals surface area contributed by atoms with Crippen molar-refractivity contribution in [3.05, 3.63) is 81.8 Å². The molecule has 0 aliphatic rings. The summed E-state index contributed by atoms with van der Waals surface area (Å²) in [5, 5.41) is 25.1. The van der Waals surface area contributed by atoms with Crippen LogP contribution < -0.4 is 44.7 Å². The Morgan fingerprint density at radius 2 is 1.79 bits per heavy atom. The summed E-state index contributed by atoms with van der Waals surface area (Å²) in [7, 11) is -3.34. The van der Waals surface area contributed by atoms with Crippen LogP contribution in [0.25, 0.3) is 10.8 Å². The van der Waals surface area contributed by atoms with Crippen LogP contribution in [0.5, 0.6) is 11.5 Å². The van der Waals surface area contributed by atoms with Gasteiger partial charge in [-0.1, -0.05) is 60.1 Å². The first kappa shape index (κ1) is 30.8. The van der Waals surface area contributed by atoms with Crippen molar-refractivity contribution in [1.29, 1.82) is 0 Å². The number of rotatable bonds is 7. The number of nitrogens with zero attached hydrogens (tertiary/aromatic N) is 2. The average Bonchev–Trinajstić information content (AvgIpc) is 2.86. The van der Waals surface area contributed by atoms with Crippen molar-refractivity contribution in [3.63, 3.8) is 0 Å². The van der Waals surface area contributed by atoms with Crippen LogP contribution in [0.1, 0.15) is 22.8 Å². The second kappa shape index (κ2) is 12.6. The minimum Gasteiger partial charge on any atom is -0.870 e. The number of amides is 1. The zero-order valence-electron chi connectivity index (χ0n) is 21.0. The Bertz CT molecular complexity index is 1710. The molecule has 4 rings (SSSR count). The van der Waals surface area contributed by atoms with Gasteiger partial charge in [0.25, 0.3) is 16.0 Å². The van der Waals surface area contributed by atoms with Crippen molar-refractivity contribution < 1.29 is 57.2 Å². The third-order valence-corrected chi connectivity index (χ3v) is 7.23. The topological polar surface area (TPSA) is 140 Å². The first-order valence-corrected chi connectivity index (χ1v) is 13.3. The summed E-state index contributed by atoms with van der Waals surface area (Å²) in [6.45, 7) is 1.82. The van der Waals surface area contributed by atoms with E-state index in [9.17, 15) is 22.9 Å². The predicted molar refractivity (Wildman–Crippen MR) is 144 cm³/mol. The maximum absolute atomic E-state index is 13.5. The summed E-state index contributed by atoms with van der Waals surface area (Å²) in [5.41, 5.74) is 0.191. The van der Waals surface area contributed by atoms with Gasteiger partial charge >= 0.3 is 29.6 Å². The third-order valence-electron chi connectivity index (χ3n) is 5.64. The number of nitrogens with one attached hydrogen (secondary N) is 1. The SMILES string of the molecule is CCc1cc(Cl)c(S(=O)(=O)O)c(N=Nc2c([O-])c(C(=O)Nc3cc(Cl)ccc3OC)cc3ccccc23)c1.[Na+]. The van der Waals surface area contributed by atoms with Crippen LogP contribution in [0.15, 0.2) is 75.8 Å². The van der Waals surface area contributed by atoms with Gasteiger partial charge in [0.1, 0.15) is 16.3 Å². The minimum atomic E-state index is -4.76. The van der Waals surface area contributed by atoms with Gasteiger partial charge in [0.2, 0.25) is 0 Å². The van der Waals surface area contributed by atoms with E-state index in [1.54, 1.807) is 36.4 Å². The molecule has 0 atom stereocenters. The quantitative estimate of drug-likeness (QED) is 0.189. The van der Waals surface area contributed by atoms with Crippen LogP contribution in [0.4, 0.5) is 17.1 Å². The second-order valence-corrected chi connectivity index (χ2v) is 10.3. The van der Waals surface area contributed by atoms with E-state index < -0.39 is 26.7 Å². The summed E-state index contributed by atoms with van der Waals surface area (Å²) in [5.74, 6) is -1.16. The zero-order valence-corrected chi connectivity index (χ0v) is 25.4. The smallest absolute Gasteiger partial charge is 0.870 e. The molecule has 13 heteroatoms. The molecule has 1 amide bonds. The Kier molecular flexibility index (Phi) is 10.0. The van der Waals surface area contributed by atoms with Crippen molar-refractivity contribution in [2.45, 2.75) is 18.2 Å². The summed E-state index contributed by atoms with van der Waals surface area (Å²) in [6.07, 6.45) is 0.492. The molecule has 0 saturated carbocycles. The molecule has 0 bridgehead atoms. The summed E-state index contributed by atoms with van der Waals surface area (Å²) < 4.78 is 38.9. The number of aryl methyl sites for hydroxylation is 1. The van der Waals surface area contributed by atoms with Crippen molar-refractivity contribution in [2.75, 3.05) is 12.4 Å². The summed E-state index contributed by atoms with van der Waals surface area (Å²) in [6, 6.07) is 15.5. The fourth-order valence-corrected chi connectivity index (χ4v) is 5.19. The van der Waals surface area contributed by atoms with Gasteiger partial charge in [-0.3, -0.25) is 9.35 Å². The number of carbonyl (C=O) groups excluding carboxylic acids is 1. The van der Waals surface area contributed by atoms with Crippen LogP contribution in [0.3, 0.4) is 0 Å². The molecule has 4 aromatic carbocycles. The van der Waals surface area contributed by atoms with Gasteiger partial charge in [-0.05, 0) is 53.8 Å². The van der Waals surface area contributed by atoms with Crippen molar-refractivity contribution >= 4 is 67.1 Å². The summed E-state index contributed by atoms with van der Waals surface area (Å²) in [4.78, 5) is 12.5. The maximum atomic E-state index is 13.5. The molecule has 0 aliphatic carbocycles. The number of halogens is 2. The fourth-order valence-electron chi connectivity index (χ4n) is 3.82. The molecule has 2 N–H and O–H groups in total. The molecule has 4 aromatic rings. The van der Waals surface area contributed by atoms with Crippen LogP contribution in [-0.2, 0) is 16.5 Å². The number of hydrogen-bond acceptors (Lipinski definition) is 7. The number of methoxy groups -OCH3 is 1. The molecule has 0 fully saturated rings. The van der Waals surface area contributed by atoms with E-state index in [1.165, 1.54) is 31.4 Å². The Morgan fingerprint density at radius 3 is 2.46 bits per heavy atom. The second-order valence-electron chi connectivity index (χ2n) is 8.08. The molecule has 0 saturated heterocycles. The molecule has 0 radical (unpaired) electrons. The fraction of sp³-hybridized carbons (Fsp3) is 0.115. The number of fused-ring (bicyclic) bond motifs is 1. The van der Waals surface area contributed by atoms with E-state index in [2.05, 4.69) is 15.5 Å². The normalized spacial score (nSPS) is 11.4. The molecule has 0 aromatic heterocycles. The molecular formula is C26H20Cl2N3NaO6S. The maximum Gasteiger partial charge on any atom is 1.00 e. The Balaban J connectivity index is 0.00000420. The van der Waals surface area contributed by atoms with E-state index >= 15 is 0 Å². The molecule has 0 aliphatic heterocycles. The monoisotopic (exact) mass is 595 g/mol. The zero-order chi connectivity index (χ0) is 27.6. The van der Waals surface area contributed by atoms with Gasteiger partial charge in [0.05, 0.1) is 23.5 Å². The minimum absolute atomic E-state index is 0. The third kappa shape index (κ3) is 6.72.